The molecule has 0 radical (unpaired) electrons. The van der Waals surface area contributed by atoms with Crippen molar-refractivity contribution in [3.05, 3.63) is 41.6 Å². The standard InChI is InChI=1S/C29H42ClN5O/c30-28-21-33-29(34-25-8-6-24(7-9-25)31-12-15-35-13-1-2-14-35)19-27(28)23-4-3-5-26(18-23)32-20-22-10-16-36-17-11-22/h3-5,18-19,21-22,24-25,31-32H,1-2,6-17,20H2,(H,33,34). The third-order valence-corrected chi connectivity index (χ3v) is 8.40. The van der Waals surface area contributed by atoms with Crippen molar-refractivity contribution >= 4 is 23.1 Å². The number of likely N-dealkylation sites (tertiary alicyclic amines) is 1. The van der Waals surface area contributed by atoms with Crippen LogP contribution in [0.2, 0.25) is 5.02 Å². The minimum absolute atomic E-state index is 0.468. The number of halogens is 1. The van der Waals surface area contributed by atoms with Gasteiger partial charge in [-0.2, -0.15) is 0 Å². The highest BCUT2D eigenvalue weighted by atomic mass is 35.5. The normalized spacial score (nSPS) is 23.6. The minimum Gasteiger partial charge on any atom is -0.385 e. The van der Waals surface area contributed by atoms with Gasteiger partial charge in [0.05, 0.1) is 5.02 Å². The molecule has 3 heterocycles. The average molecular weight is 512 g/mol. The second-order valence-corrected chi connectivity index (χ2v) is 11.2. The summed E-state index contributed by atoms with van der Waals surface area (Å²) in [6.07, 6.45) is 11.6. The smallest absolute Gasteiger partial charge is 0.126 e. The largest absolute Gasteiger partial charge is 0.385 e. The Balaban J connectivity index is 1.12. The zero-order chi connectivity index (χ0) is 24.6. The number of ether oxygens (including phenoxy) is 1. The summed E-state index contributed by atoms with van der Waals surface area (Å²) in [7, 11) is 0. The van der Waals surface area contributed by atoms with Crippen LogP contribution in [-0.2, 0) is 4.74 Å². The van der Waals surface area contributed by atoms with Crippen LogP contribution < -0.4 is 16.0 Å². The van der Waals surface area contributed by atoms with Gasteiger partial charge in [-0.25, -0.2) is 4.98 Å². The van der Waals surface area contributed by atoms with Crippen molar-refractivity contribution in [3.8, 4) is 11.1 Å². The third-order valence-electron chi connectivity index (χ3n) is 8.10. The topological polar surface area (TPSA) is 61.5 Å². The molecule has 7 heteroatoms. The molecule has 36 heavy (non-hydrogen) atoms. The van der Waals surface area contributed by atoms with Crippen LogP contribution in [0.15, 0.2) is 36.5 Å². The zero-order valence-corrected chi connectivity index (χ0v) is 22.2. The fraction of sp³-hybridized carbons (Fsp3) is 0.621. The predicted octanol–water partition coefficient (Wildman–Crippen LogP) is 5.65. The summed E-state index contributed by atoms with van der Waals surface area (Å²) < 4.78 is 5.49. The van der Waals surface area contributed by atoms with Crippen molar-refractivity contribution < 1.29 is 4.74 Å². The number of nitrogens with zero attached hydrogens (tertiary/aromatic N) is 2. The Kier molecular flexibility index (Phi) is 9.37. The quantitative estimate of drug-likeness (QED) is 0.383. The van der Waals surface area contributed by atoms with Crippen molar-refractivity contribution in [2.45, 2.75) is 63.5 Å². The van der Waals surface area contributed by atoms with Gasteiger partial charge in [-0.05, 0) is 94.1 Å². The lowest BCUT2D eigenvalue weighted by Crippen LogP contribution is -2.40. The first-order valence-corrected chi connectivity index (χ1v) is 14.4. The molecule has 3 N–H and O–H groups in total. The van der Waals surface area contributed by atoms with E-state index in [0.29, 0.717) is 23.0 Å². The molecular weight excluding hydrogens is 470 g/mol. The van der Waals surface area contributed by atoms with Crippen LogP contribution in [0.3, 0.4) is 0 Å². The molecule has 0 atom stereocenters. The molecule has 2 aromatic rings. The van der Waals surface area contributed by atoms with E-state index >= 15 is 0 Å². The Bertz CT molecular complexity index is 952. The highest BCUT2D eigenvalue weighted by molar-refractivity contribution is 6.33. The molecule has 196 valence electrons. The van der Waals surface area contributed by atoms with Crippen LogP contribution in [0, 0.1) is 5.92 Å². The van der Waals surface area contributed by atoms with Crippen molar-refractivity contribution in [3.63, 3.8) is 0 Å². The lowest BCUT2D eigenvalue weighted by Gasteiger charge is -2.30. The van der Waals surface area contributed by atoms with Crippen LogP contribution in [-0.4, -0.2) is 67.9 Å². The number of hydrogen-bond donors (Lipinski definition) is 3. The van der Waals surface area contributed by atoms with Gasteiger partial charge in [-0.3, -0.25) is 0 Å². The van der Waals surface area contributed by atoms with Crippen molar-refractivity contribution in [2.75, 3.05) is 56.6 Å². The van der Waals surface area contributed by atoms with Gasteiger partial charge in [-0.15, -0.1) is 0 Å². The van der Waals surface area contributed by atoms with E-state index in [1.165, 1.54) is 58.2 Å². The molecule has 1 aliphatic carbocycles. The lowest BCUT2D eigenvalue weighted by molar-refractivity contribution is 0.0699. The van der Waals surface area contributed by atoms with Crippen molar-refractivity contribution in [1.29, 1.82) is 0 Å². The number of rotatable bonds is 10. The van der Waals surface area contributed by atoms with Crippen LogP contribution in [0.1, 0.15) is 51.4 Å². The second kappa shape index (κ2) is 13.1. The molecule has 1 aromatic heterocycles. The molecule has 0 unspecified atom stereocenters. The highest BCUT2D eigenvalue weighted by Gasteiger charge is 2.22. The summed E-state index contributed by atoms with van der Waals surface area (Å²) in [4.78, 5) is 7.18. The number of pyridine rings is 1. The Labute approximate surface area is 221 Å². The Morgan fingerprint density at radius 1 is 0.972 bits per heavy atom. The summed E-state index contributed by atoms with van der Waals surface area (Å²) in [5, 5.41) is 11.8. The molecule has 6 nitrogen and oxygen atoms in total. The lowest BCUT2D eigenvalue weighted by atomic mass is 9.91. The Morgan fingerprint density at radius 2 is 1.75 bits per heavy atom. The first kappa shape index (κ1) is 25.8. The summed E-state index contributed by atoms with van der Waals surface area (Å²) in [5.74, 6) is 1.60. The maximum atomic E-state index is 6.60. The fourth-order valence-electron chi connectivity index (χ4n) is 5.83. The number of nitrogens with one attached hydrogen (secondary N) is 3. The number of hydrogen-bond acceptors (Lipinski definition) is 6. The SMILES string of the molecule is Clc1cnc(NC2CCC(NCCN3CCCC3)CC2)cc1-c1cccc(NCC2CCOCC2)c1. The summed E-state index contributed by atoms with van der Waals surface area (Å²) in [5.41, 5.74) is 3.28. The van der Waals surface area contributed by atoms with Crippen LogP contribution >= 0.6 is 11.6 Å². The van der Waals surface area contributed by atoms with Gasteiger partial charge in [-0.1, -0.05) is 23.7 Å². The fourth-order valence-corrected chi connectivity index (χ4v) is 6.04. The monoisotopic (exact) mass is 511 g/mol. The molecule has 5 rings (SSSR count). The summed E-state index contributed by atoms with van der Waals surface area (Å²) in [6, 6.07) is 11.8. The van der Waals surface area contributed by atoms with Gasteiger partial charge in [0, 0.05) is 62.4 Å². The maximum absolute atomic E-state index is 6.60. The van der Waals surface area contributed by atoms with E-state index in [1.807, 2.05) is 0 Å². The molecule has 1 aromatic carbocycles. The molecular formula is C29H42ClN5O. The van der Waals surface area contributed by atoms with E-state index in [2.05, 4.69) is 56.2 Å². The van der Waals surface area contributed by atoms with E-state index in [4.69, 9.17) is 16.3 Å². The molecule has 0 amide bonds. The Morgan fingerprint density at radius 3 is 2.56 bits per heavy atom. The highest BCUT2D eigenvalue weighted by Crippen LogP contribution is 2.32. The van der Waals surface area contributed by atoms with Crippen molar-refractivity contribution in [1.82, 2.24) is 15.2 Å². The molecule has 0 bridgehead atoms. The van der Waals surface area contributed by atoms with Crippen LogP contribution in [0.5, 0.6) is 0 Å². The van der Waals surface area contributed by atoms with Gasteiger partial charge >= 0.3 is 0 Å². The average Bonchev–Trinajstić information content (AvgIpc) is 3.44. The third kappa shape index (κ3) is 7.34. The van der Waals surface area contributed by atoms with Gasteiger partial charge in [0.2, 0.25) is 0 Å². The van der Waals surface area contributed by atoms with E-state index in [9.17, 15) is 0 Å². The zero-order valence-electron chi connectivity index (χ0n) is 21.5. The summed E-state index contributed by atoms with van der Waals surface area (Å²) in [6.45, 7) is 7.63. The van der Waals surface area contributed by atoms with Gasteiger partial charge in [0.1, 0.15) is 5.82 Å². The number of anilines is 2. The van der Waals surface area contributed by atoms with Crippen LogP contribution in [0.4, 0.5) is 11.5 Å². The second-order valence-electron chi connectivity index (χ2n) is 10.8. The van der Waals surface area contributed by atoms with Crippen molar-refractivity contribution in [2.24, 2.45) is 5.92 Å². The predicted molar refractivity (Wildman–Crippen MR) is 150 cm³/mol. The van der Waals surface area contributed by atoms with E-state index in [1.54, 1.807) is 6.20 Å². The van der Waals surface area contributed by atoms with Crippen LogP contribution in [0.25, 0.3) is 11.1 Å². The molecule has 2 aliphatic heterocycles. The molecule has 0 spiro atoms. The number of benzene rings is 1. The first-order valence-electron chi connectivity index (χ1n) is 14.0. The minimum atomic E-state index is 0.468. The molecule has 2 saturated heterocycles. The summed E-state index contributed by atoms with van der Waals surface area (Å²) >= 11 is 6.60. The molecule has 3 fully saturated rings. The first-order chi connectivity index (χ1) is 17.7. The molecule has 3 aliphatic rings. The molecule has 1 saturated carbocycles. The van der Waals surface area contributed by atoms with E-state index in [-0.39, 0.29) is 0 Å². The number of aromatic nitrogens is 1. The van der Waals surface area contributed by atoms with E-state index in [0.717, 1.165) is 61.8 Å². The van der Waals surface area contributed by atoms with Gasteiger partial charge < -0.3 is 25.6 Å². The Hall–Kier alpha value is -1.86. The maximum Gasteiger partial charge on any atom is 0.126 e. The van der Waals surface area contributed by atoms with Gasteiger partial charge in [0.15, 0.2) is 0 Å². The van der Waals surface area contributed by atoms with Gasteiger partial charge in [0.25, 0.3) is 0 Å². The van der Waals surface area contributed by atoms with E-state index < -0.39 is 0 Å².